The molecule has 1 aromatic rings. The molecular weight excluding hydrogens is 220 g/mol. The van der Waals surface area contributed by atoms with Gasteiger partial charge in [0.2, 0.25) is 0 Å². The molecule has 0 saturated heterocycles. The van der Waals surface area contributed by atoms with Crippen LogP contribution in [-0.2, 0) is 11.3 Å². The highest BCUT2D eigenvalue weighted by atomic mass is 16.6. The van der Waals surface area contributed by atoms with Crippen molar-refractivity contribution in [3.05, 3.63) is 33.9 Å². The van der Waals surface area contributed by atoms with Crippen molar-refractivity contribution in [3.8, 4) is 0 Å². The van der Waals surface area contributed by atoms with Crippen LogP contribution >= 0.6 is 0 Å². The summed E-state index contributed by atoms with van der Waals surface area (Å²) in [5.74, 6) is 0. The van der Waals surface area contributed by atoms with E-state index in [1.165, 1.54) is 18.2 Å². The van der Waals surface area contributed by atoms with Crippen molar-refractivity contribution in [1.82, 2.24) is 0 Å². The minimum absolute atomic E-state index is 0.0344. The van der Waals surface area contributed by atoms with E-state index in [2.05, 4.69) is 0 Å². The Morgan fingerprint density at radius 1 is 1.47 bits per heavy atom. The summed E-state index contributed by atoms with van der Waals surface area (Å²) in [4.78, 5) is 10.2. The molecule has 0 aliphatic heterocycles. The van der Waals surface area contributed by atoms with Crippen molar-refractivity contribution in [1.29, 1.82) is 0 Å². The van der Waals surface area contributed by atoms with E-state index in [0.29, 0.717) is 11.3 Å². The van der Waals surface area contributed by atoms with Crippen molar-refractivity contribution >= 4 is 11.4 Å². The fraction of sp³-hybridized carbons (Fsp3) is 0.500. The molecule has 0 atom stereocenters. The number of anilines is 1. The average molecular weight is 238 g/mol. The van der Waals surface area contributed by atoms with Crippen molar-refractivity contribution in [2.75, 3.05) is 5.73 Å². The second-order valence-corrected chi connectivity index (χ2v) is 4.54. The first-order valence-electron chi connectivity index (χ1n) is 5.52. The molecule has 0 bridgehead atoms. The van der Waals surface area contributed by atoms with Crippen LogP contribution in [0.25, 0.3) is 0 Å². The number of non-ortho nitro benzene ring substituents is 1. The SMILES string of the molecule is CCC(C)(C)OCc1cc([N+](=O)[O-])ccc1N. The van der Waals surface area contributed by atoms with E-state index in [0.717, 1.165) is 6.42 Å². The van der Waals surface area contributed by atoms with Crippen LogP contribution in [0, 0.1) is 10.1 Å². The Morgan fingerprint density at radius 3 is 2.65 bits per heavy atom. The predicted octanol–water partition coefficient (Wildman–Crippen LogP) is 2.88. The van der Waals surface area contributed by atoms with Gasteiger partial charge in [0.05, 0.1) is 17.1 Å². The standard InChI is InChI=1S/C12H18N2O3/c1-4-12(2,3)17-8-9-7-10(14(15)16)5-6-11(9)13/h5-7H,4,8,13H2,1-3H3. The second kappa shape index (κ2) is 5.14. The van der Waals surface area contributed by atoms with Gasteiger partial charge in [0.25, 0.3) is 5.69 Å². The molecule has 5 nitrogen and oxygen atoms in total. The lowest BCUT2D eigenvalue weighted by molar-refractivity contribution is -0.384. The smallest absolute Gasteiger partial charge is 0.269 e. The first kappa shape index (κ1) is 13.4. The topological polar surface area (TPSA) is 78.4 Å². The molecular formula is C12H18N2O3. The van der Waals surface area contributed by atoms with Gasteiger partial charge in [-0.15, -0.1) is 0 Å². The maximum Gasteiger partial charge on any atom is 0.269 e. The summed E-state index contributed by atoms with van der Waals surface area (Å²) in [6.45, 7) is 6.26. The number of hydrogen-bond donors (Lipinski definition) is 1. The Labute approximate surface area is 101 Å². The monoisotopic (exact) mass is 238 g/mol. The molecule has 5 heteroatoms. The van der Waals surface area contributed by atoms with Crippen LogP contribution in [0.2, 0.25) is 0 Å². The summed E-state index contributed by atoms with van der Waals surface area (Å²) in [6, 6.07) is 4.39. The number of nitro benzene ring substituents is 1. The molecule has 0 aromatic heterocycles. The molecule has 0 amide bonds. The van der Waals surface area contributed by atoms with E-state index >= 15 is 0 Å². The van der Waals surface area contributed by atoms with E-state index in [9.17, 15) is 10.1 Å². The average Bonchev–Trinajstić information content (AvgIpc) is 2.27. The van der Waals surface area contributed by atoms with E-state index < -0.39 is 4.92 Å². The number of nitrogen functional groups attached to an aromatic ring is 1. The highest BCUT2D eigenvalue weighted by Crippen LogP contribution is 2.23. The molecule has 17 heavy (non-hydrogen) atoms. The fourth-order valence-electron chi connectivity index (χ4n) is 1.21. The highest BCUT2D eigenvalue weighted by Gasteiger charge is 2.17. The summed E-state index contributed by atoms with van der Waals surface area (Å²) < 4.78 is 5.68. The lowest BCUT2D eigenvalue weighted by atomic mass is 10.1. The van der Waals surface area contributed by atoms with Gasteiger partial charge in [0.15, 0.2) is 0 Å². The minimum Gasteiger partial charge on any atom is -0.398 e. The van der Waals surface area contributed by atoms with Crippen molar-refractivity contribution in [3.63, 3.8) is 0 Å². The van der Waals surface area contributed by atoms with E-state index in [-0.39, 0.29) is 17.9 Å². The van der Waals surface area contributed by atoms with Crippen molar-refractivity contribution in [2.24, 2.45) is 0 Å². The van der Waals surface area contributed by atoms with Crippen LogP contribution in [0.15, 0.2) is 18.2 Å². The number of nitrogens with zero attached hydrogens (tertiary/aromatic N) is 1. The van der Waals surface area contributed by atoms with Crippen molar-refractivity contribution in [2.45, 2.75) is 39.4 Å². The molecule has 0 saturated carbocycles. The fourth-order valence-corrected chi connectivity index (χ4v) is 1.21. The predicted molar refractivity (Wildman–Crippen MR) is 66.7 cm³/mol. The minimum atomic E-state index is -0.437. The van der Waals surface area contributed by atoms with Gasteiger partial charge >= 0.3 is 0 Å². The van der Waals surface area contributed by atoms with E-state index in [1.54, 1.807) is 0 Å². The number of ether oxygens (including phenoxy) is 1. The molecule has 0 radical (unpaired) electrons. The van der Waals surface area contributed by atoms with Crippen molar-refractivity contribution < 1.29 is 9.66 Å². The zero-order valence-corrected chi connectivity index (χ0v) is 10.4. The van der Waals surface area contributed by atoms with Crippen LogP contribution in [0.5, 0.6) is 0 Å². The Balaban J connectivity index is 2.83. The van der Waals surface area contributed by atoms with Crippen LogP contribution in [0.4, 0.5) is 11.4 Å². The van der Waals surface area contributed by atoms with Crippen LogP contribution < -0.4 is 5.73 Å². The maximum atomic E-state index is 10.6. The Kier molecular flexibility index (Phi) is 4.07. The molecule has 2 N–H and O–H groups in total. The molecule has 1 aromatic carbocycles. The van der Waals surface area contributed by atoms with Crippen LogP contribution in [0.1, 0.15) is 32.8 Å². The number of nitro groups is 1. The third-order valence-corrected chi connectivity index (χ3v) is 2.81. The van der Waals surface area contributed by atoms with E-state index in [1.807, 2.05) is 20.8 Å². The zero-order valence-electron chi connectivity index (χ0n) is 10.4. The molecule has 0 spiro atoms. The molecule has 0 aliphatic rings. The summed E-state index contributed by atoms with van der Waals surface area (Å²) in [5.41, 5.74) is 6.71. The number of hydrogen-bond acceptors (Lipinski definition) is 4. The molecule has 1 rings (SSSR count). The van der Waals surface area contributed by atoms with Gasteiger partial charge in [-0.2, -0.15) is 0 Å². The number of benzene rings is 1. The van der Waals surface area contributed by atoms with Crippen LogP contribution in [0.3, 0.4) is 0 Å². The number of nitrogens with two attached hydrogens (primary N) is 1. The maximum absolute atomic E-state index is 10.6. The Bertz CT molecular complexity index is 416. The first-order valence-corrected chi connectivity index (χ1v) is 5.52. The van der Waals surface area contributed by atoms with Crippen LogP contribution in [-0.4, -0.2) is 10.5 Å². The van der Waals surface area contributed by atoms with Gasteiger partial charge in [-0.05, 0) is 26.3 Å². The summed E-state index contributed by atoms with van der Waals surface area (Å²) in [6.07, 6.45) is 0.863. The lowest BCUT2D eigenvalue weighted by Gasteiger charge is -2.23. The molecule has 0 fully saturated rings. The first-order chi connectivity index (χ1) is 7.85. The largest absolute Gasteiger partial charge is 0.398 e. The molecule has 0 aliphatic carbocycles. The molecule has 0 unspecified atom stereocenters. The normalized spacial score (nSPS) is 11.5. The second-order valence-electron chi connectivity index (χ2n) is 4.54. The van der Waals surface area contributed by atoms with E-state index in [4.69, 9.17) is 10.5 Å². The summed E-state index contributed by atoms with van der Waals surface area (Å²) in [5, 5.41) is 10.6. The third-order valence-electron chi connectivity index (χ3n) is 2.81. The highest BCUT2D eigenvalue weighted by molar-refractivity contribution is 5.52. The quantitative estimate of drug-likeness (QED) is 0.486. The molecule has 0 heterocycles. The van der Waals surface area contributed by atoms with Gasteiger partial charge in [-0.1, -0.05) is 6.92 Å². The third kappa shape index (κ3) is 3.71. The molecule has 94 valence electrons. The number of rotatable bonds is 5. The Hall–Kier alpha value is -1.62. The van der Waals surface area contributed by atoms with Gasteiger partial charge in [0.1, 0.15) is 0 Å². The summed E-state index contributed by atoms with van der Waals surface area (Å²) >= 11 is 0. The van der Waals surface area contributed by atoms with Gasteiger partial charge < -0.3 is 10.5 Å². The lowest BCUT2D eigenvalue weighted by Crippen LogP contribution is -2.22. The van der Waals surface area contributed by atoms with Gasteiger partial charge in [0, 0.05) is 23.4 Å². The van der Waals surface area contributed by atoms with Gasteiger partial charge in [-0.25, -0.2) is 0 Å². The Morgan fingerprint density at radius 2 is 2.12 bits per heavy atom. The summed E-state index contributed by atoms with van der Waals surface area (Å²) in [7, 11) is 0. The van der Waals surface area contributed by atoms with Gasteiger partial charge in [-0.3, -0.25) is 10.1 Å². The zero-order chi connectivity index (χ0) is 13.1.